The van der Waals surface area contributed by atoms with Crippen molar-refractivity contribution in [3.63, 3.8) is 0 Å². The molecule has 3 aliphatic rings. The summed E-state index contributed by atoms with van der Waals surface area (Å²) in [5, 5.41) is 0.702. The Morgan fingerprint density at radius 2 is 2.06 bits per heavy atom. The second-order valence-electron chi connectivity index (χ2n) is 8.32. The Labute approximate surface area is 191 Å². The number of hydrogen-bond acceptors (Lipinski definition) is 7. The van der Waals surface area contributed by atoms with Crippen LogP contribution in [0, 0.1) is 0 Å². The predicted octanol–water partition coefficient (Wildman–Crippen LogP) is 2.34. The fraction of sp³-hybridized carbons (Fsp3) is 0.550. The normalized spacial score (nSPS) is 30.0. The van der Waals surface area contributed by atoms with Gasteiger partial charge in [-0.2, -0.15) is 0 Å². The SMILES string of the molecule is C[C@@H]1CN(C(=O)[C@@H]2CS[C@@]3(C)CCC(=O)N23)C(=Nc2cccc(S(=O)(=O)N(C)C)c2)S1. The minimum absolute atomic E-state index is 0.0332. The zero-order valence-corrected chi connectivity index (χ0v) is 20.4. The lowest BCUT2D eigenvalue weighted by molar-refractivity contribution is -0.141. The number of carbonyl (C=O) groups excluding carboxylic acids is 2. The second-order valence-corrected chi connectivity index (χ2v) is 13.4. The van der Waals surface area contributed by atoms with E-state index in [-0.39, 0.29) is 26.8 Å². The van der Waals surface area contributed by atoms with Gasteiger partial charge in [-0.3, -0.25) is 14.5 Å². The number of amides is 2. The number of rotatable bonds is 4. The summed E-state index contributed by atoms with van der Waals surface area (Å²) in [7, 11) is -0.616. The number of hydrogen-bond donors (Lipinski definition) is 0. The number of nitrogens with zero attached hydrogens (tertiary/aromatic N) is 4. The smallest absolute Gasteiger partial charge is 0.252 e. The molecule has 3 saturated heterocycles. The molecule has 3 aliphatic heterocycles. The lowest BCUT2D eigenvalue weighted by Crippen LogP contribution is -2.51. The lowest BCUT2D eigenvalue weighted by Gasteiger charge is -2.31. The van der Waals surface area contributed by atoms with E-state index in [1.54, 1.807) is 33.7 Å². The molecule has 0 saturated carbocycles. The van der Waals surface area contributed by atoms with Crippen molar-refractivity contribution in [2.45, 2.75) is 47.7 Å². The summed E-state index contributed by atoms with van der Waals surface area (Å²) in [5.74, 6) is 0.505. The molecule has 11 heteroatoms. The second kappa shape index (κ2) is 8.09. The first-order valence-corrected chi connectivity index (χ1v) is 13.4. The van der Waals surface area contributed by atoms with Crippen LogP contribution in [-0.2, 0) is 19.6 Å². The average Bonchev–Trinajstić information content (AvgIpc) is 3.34. The summed E-state index contributed by atoms with van der Waals surface area (Å²) < 4.78 is 26.1. The maximum absolute atomic E-state index is 13.5. The van der Waals surface area contributed by atoms with E-state index < -0.39 is 16.1 Å². The molecule has 31 heavy (non-hydrogen) atoms. The van der Waals surface area contributed by atoms with E-state index >= 15 is 0 Å². The molecule has 0 radical (unpaired) electrons. The van der Waals surface area contributed by atoms with E-state index in [1.165, 1.54) is 38.0 Å². The molecule has 3 atom stereocenters. The van der Waals surface area contributed by atoms with Crippen molar-refractivity contribution in [1.29, 1.82) is 0 Å². The third-order valence-corrected chi connectivity index (χ3v) is 10.2. The van der Waals surface area contributed by atoms with Crippen LogP contribution in [0.2, 0.25) is 0 Å². The molecule has 1 aromatic carbocycles. The van der Waals surface area contributed by atoms with Gasteiger partial charge in [0.2, 0.25) is 15.9 Å². The first kappa shape index (κ1) is 22.6. The molecular formula is C20H26N4O4S3. The molecule has 1 aromatic rings. The molecule has 3 fully saturated rings. The van der Waals surface area contributed by atoms with Gasteiger partial charge < -0.3 is 4.90 Å². The van der Waals surface area contributed by atoms with Crippen molar-refractivity contribution in [3.05, 3.63) is 24.3 Å². The van der Waals surface area contributed by atoms with E-state index in [2.05, 4.69) is 4.99 Å². The Hall–Kier alpha value is -1.56. The molecule has 8 nitrogen and oxygen atoms in total. The number of carbonyl (C=O) groups is 2. The van der Waals surface area contributed by atoms with Gasteiger partial charge >= 0.3 is 0 Å². The van der Waals surface area contributed by atoms with Gasteiger partial charge in [-0.1, -0.05) is 24.8 Å². The number of sulfonamides is 1. The first-order chi connectivity index (χ1) is 14.5. The van der Waals surface area contributed by atoms with Gasteiger partial charge in [-0.25, -0.2) is 17.7 Å². The van der Waals surface area contributed by atoms with Crippen LogP contribution >= 0.6 is 23.5 Å². The van der Waals surface area contributed by atoms with Crippen molar-refractivity contribution < 1.29 is 18.0 Å². The fourth-order valence-electron chi connectivity index (χ4n) is 4.11. The Balaban J connectivity index is 1.63. The Bertz CT molecular complexity index is 1060. The fourth-order valence-corrected chi connectivity index (χ4v) is 7.50. The van der Waals surface area contributed by atoms with Gasteiger partial charge in [-0.05, 0) is 31.5 Å². The molecule has 0 bridgehead atoms. The third-order valence-electron chi connectivity index (χ3n) is 5.79. The van der Waals surface area contributed by atoms with Crippen LogP contribution in [0.15, 0.2) is 34.2 Å². The summed E-state index contributed by atoms with van der Waals surface area (Å²) in [6.45, 7) is 4.57. The lowest BCUT2D eigenvalue weighted by atomic mass is 10.2. The number of amidine groups is 1. The Morgan fingerprint density at radius 3 is 2.77 bits per heavy atom. The maximum Gasteiger partial charge on any atom is 0.252 e. The molecule has 2 amide bonds. The monoisotopic (exact) mass is 482 g/mol. The molecule has 168 valence electrons. The summed E-state index contributed by atoms with van der Waals surface area (Å²) in [6, 6.07) is 5.93. The van der Waals surface area contributed by atoms with Gasteiger partial charge in [-0.15, -0.1) is 11.8 Å². The number of benzene rings is 1. The topological polar surface area (TPSA) is 90.4 Å². The van der Waals surface area contributed by atoms with Crippen molar-refractivity contribution in [1.82, 2.24) is 14.1 Å². The van der Waals surface area contributed by atoms with E-state index in [0.29, 0.717) is 29.6 Å². The Kier molecular flexibility index (Phi) is 5.91. The molecule has 0 aliphatic carbocycles. The van der Waals surface area contributed by atoms with E-state index in [4.69, 9.17) is 0 Å². The molecule has 0 aromatic heterocycles. The maximum atomic E-state index is 13.5. The van der Waals surface area contributed by atoms with Gasteiger partial charge in [0.05, 0.1) is 15.5 Å². The largest absolute Gasteiger partial charge is 0.315 e. The van der Waals surface area contributed by atoms with Crippen LogP contribution in [0.5, 0.6) is 0 Å². The van der Waals surface area contributed by atoms with Crippen LogP contribution in [0.4, 0.5) is 5.69 Å². The minimum Gasteiger partial charge on any atom is -0.315 e. The average molecular weight is 483 g/mol. The molecule has 0 N–H and O–H groups in total. The van der Waals surface area contributed by atoms with E-state index in [1.807, 2.05) is 13.8 Å². The van der Waals surface area contributed by atoms with E-state index in [0.717, 1.165) is 10.7 Å². The standard InChI is InChI=1S/C20H26N4O4S3/c1-13-11-23(18(26)16-12-29-20(2)9-8-17(25)24(16)20)19(30-13)21-14-6-5-7-15(10-14)31(27,28)22(3)4/h5-7,10,13,16H,8-9,11-12H2,1-4H3/t13-,16+,20+/m1/s1. The first-order valence-electron chi connectivity index (χ1n) is 10.1. The van der Waals surface area contributed by atoms with E-state index in [9.17, 15) is 18.0 Å². The van der Waals surface area contributed by atoms with Crippen LogP contribution in [0.3, 0.4) is 0 Å². The van der Waals surface area contributed by atoms with Crippen molar-refractivity contribution in [2.24, 2.45) is 4.99 Å². The number of aliphatic imine (C=N–C) groups is 1. The molecule has 0 unspecified atom stereocenters. The highest BCUT2D eigenvalue weighted by Crippen LogP contribution is 2.48. The third kappa shape index (κ3) is 4.01. The summed E-state index contributed by atoms with van der Waals surface area (Å²) in [5.41, 5.74) is 0.472. The van der Waals surface area contributed by atoms with Crippen LogP contribution in [0.25, 0.3) is 0 Å². The van der Waals surface area contributed by atoms with Crippen molar-refractivity contribution >= 4 is 56.2 Å². The zero-order valence-electron chi connectivity index (χ0n) is 17.9. The van der Waals surface area contributed by atoms with Gasteiger partial charge in [0.15, 0.2) is 5.17 Å². The van der Waals surface area contributed by atoms with Crippen LogP contribution in [0.1, 0.15) is 26.7 Å². The highest BCUT2D eigenvalue weighted by atomic mass is 32.2. The summed E-state index contributed by atoms with van der Waals surface area (Å²) in [4.78, 5) is 33.8. The summed E-state index contributed by atoms with van der Waals surface area (Å²) in [6.07, 6.45) is 1.24. The quantitative estimate of drug-likeness (QED) is 0.654. The molecule has 4 rings (SSSR count). The highest BCUT2D eigenvalue weighted by Gasteiger charge is 2.54. The van der Waals surface area contributed by atoms with Crippen molar-refractivity contribution in [2.75, 3.05) is 26.4 Å². The highest BCUT2D eigenvalue weighted by molar-refractivity contribution is 8.14. The molecular weight excluding hydrogens is 456 g/mol. The minimum atomic E-state index is -3.58. The Morgan fingerprint density at radius 1 is 1.32 bits per heavy atom. The number of thioether (sulfide) groups is 2. The molecule has 3 heterocycles. The predicted molar refractivity (Wildman–Crippen MR) is 124 cm³/mol. The van der Waals surface area contributed by atoms with Crippen molar-refractivity contribution in [3.8, 4) is 0 Å². The molecule has 0 spiro atoms. The van der Waals surface area contributed by atoms with Gasteiger partial charge in [0.1, 0.15) is 6.04 Å². The zero-order chi connectivity index (χ0) is 22.6. The summed E-state index contributed by atoms with van der Waals surface area (Å²) >= 11 is 3.15. The number of fused-ring (bicyclic) bond motifs is 1. The van der Waals surface area contributed by atoms with Crippen LogP contribution in [-0.4, -0.2) is 82.1 Å². The van der Waals surface area contributed by atoms with Crippen LogP contribution < -0.4 is 0 Å². The van der Waals surface area contributed by atoms with Gasteiger partial charge in [0.25, 0.3) is 5.91 Å². The van der Waals surface area contributed by atoms with Gasteiger partial charge in [0, 0.05) is 38.1 Å².